The molecule has 0 saturated heterocycles. The van der Waals surface area contributed by atoms with Gasteiger partial charge in [0.05, 0.1) is 5.69 Å². The molecule has 4 atom stereocenters. The highest BCUT2D eigenvalue weighted by Crippen LogP contribution is 2.55. The molecule has 0 aliphatic heterocycles. The molecule has 7 aromatic rings. The van der Waals surface area contributed by atoms with E-state index in [2.05, 4.69) is 211 Å². The van der Waals surface area contributed by atoms with Crippen molar-refractivity contribution in [1.29, 1.82) is 0 Å². The summed E-state index contributed by atoms with van der Waals surface area (Å²) in [5, 5.41) is 0. The van der Waals surface area contributed by atoms with Crippen molar-refractivity contribution in [3.63, 3.8) is 0 Å². The van der Waals surface area contributed by atoms with E-state index >= 15 is 0 Å². The number of unbranched alkanes of at least 4 members (excludes halogenated alkanes) is 1. The molecule has 1 heteroatoms. The molecule has 0 heterocycles. The van der Waals surface area contributed by atoms with Crippen molar-refractivity contribution in [1.82, 2.24) is 0 Å². The molecule has 7 aromatic carbocycles. The highest BCUT2D eigenvalue weighted by atomic mass is 15.1. The summed E-state index contributed by atoms with van der Waals surface area (Å²) >= 11 is 0. The summed E-state index contributed by atoms with van der Waals surface area (Å²) in [4.78, 5) is 2.55. The summed E-state index contributed by atoms with van der Waals surface area (Å²) < 4.78 is 0. The van der Waals surface area contributed by atoms with Crippen molar-refractivity contribution >= 4 is 17.1 Å². The summed E-state index contributed by atoms with van der Waals surface area (Å²) in [5.41, 5.74) is 21.6. The minimum absolute atomic E-state index is 0.309. The first-order valence-corrected chi connectivity index (χ1v) is 27.9. The van der Waals surface area contributed by atoms with Crippen LogP contribution in [-0.2, 0) is 5.41 Å². The number of benzene rings is 7. The first kappa shape index (κ1) is 49.3. The third-order valence-electron chi connectivity index (χ3n) is 17.0. The molecule has 1 fully saturated rings. The maximum Gasteiger partial charge on any atom is 0.0540 e. The quantitative estimate of drug-likeness (QED) is 0.0736. The second-order valence-electron chi connectivity index (χ2n) is 21.2. The van der Waals surface area contributed by atoms with Crippen LogP contribution in [0.5, 0.6) is 0 Å². The van der Waals surface area contributed by atoms with Gasteiger partial charge in [0.25, 0.3) is 0 Å². The molecule has 0 amide bonds. The lowest BCUT2D eigenvalue weighted by Gasteiger charge is -2.32. The standard InChI is InChI=1S/C69H81N/c1-8-14-27-49(11-4)56-46-63(50(12-5)25-9-2)68(64(47-56)51(13-6)26-10-3)55-38-42-58(43-39-55)70(67-35-24-22-32-60(67)54-30-19-16-20-31-54)59-44-45-62-61-33-21-23-34-65(61)69(7,66(62)48-59)57-40-36-53(37-41-57)52-28-17-15-18-29-52/h16,19-24,30-52H,8-15,17-18,25-29H2,1-7H3. The number of fused-ring (bicyclic) bond motifs is 3. The molecule has 0 radical (unpaired) electrons. The summed E-state index contributed by atoms with van der Waals surface area (Å²) in [7, 11) is 0. The van der Waals surface area contributed by atoms with E-state index in [1.54, 1.807) is 16.7 Å². The molecule has 0 bridgehead atoms. The van der Waals surface area contributed by atoms with Crippen molar-refractivity contribution in [3.05, 3.63) is 197 Å². The molecule has 70 heavy (non-hydrogen) atoms. The van der Waals surface area contributed by atoms with Crippen LogP contribution in [0, 0.1) is 0 Å². The van der Waals surface area contributed by atoms with Gasteiger partial charge in [0.2, 0.25) is 0 Å². The van der Waals surface area contributed by atoms with Crippen molar-refractivity contribution in [3.8, 4) is 33.4 Å². The zero-order valence-corrected chi connectivity index (χ0v) is 43.9. The Kier molecular flexibility index (Phi) is 15.9. The van der Waals surface area contributed by atoms with Crippen molar-refractivity contribution in [2.45, 2.75) is 174 Å². The third kappa shape index (κ3) is 9.72. The Morgan fingerprint density at radius 3 is 1.70 bits per heavy atom. The lowest BCUT2D eigenvalue weighted by Crippen LogP contribution is -2.23. The van der Waals surface area contributed by atoms with Gasteiger partial charge in [0, 0.05) is 22.4 Å². The molecular weight excluding hydrogens is 843 g/mol. The second-order valence-corrected chi connectivity index (χ2v) is 21.2. The smallest absolute Gasteiger partial charge is 0.0540 e. The molecule has 1 nitrogen and oxygen atoms in total. The Hall–Kier alpha value is -5.66. The number of nitrogens with zero attached hydrogens (tertiary/aromatic N) is 1. The zero-order valence-electron chi connectivity index (χ0n) is 43.9. The molecule has 0 N–H and O–H groups in total. The second kappa shape index (κ2) is 22.6. The lowest BCUT2D eigenvalue weighted by atomic mass is 9.73. The maximum absolute atomic E-state index is 2.69. The van der Waals surface area contributed by atoms with Crippen molar-refractivity contribution in [2.24, 2.45) is 0 Å². The number of hydrogen-bond acceptors (Lipinski definition) is 1. The maximum atomic E-state index is 2.69. The fourth-order valence-corrected chi connectivity index (χ4v) is 13.0. The largest absolute Gasteiger partial charge is 0.310 e. The average Bonchev–Trinajstić information content (AvgIpc) is 3.68. The molecule has 0 aromatic heterocycles. The number of para-hydroxylation sites is 1. The highest BCUT2D eigenvalue weighted by molar-refractivity contribution is 5.91. The van der Waals surface area contributed by atoms with Gasteiger partial charge in [-0.15, -0.1) is 0 Å². The van der Waals surface area contributed by atoms with Crippen molar-refractivity contribution in [2.75, 3.05) is 4.90 Å². The van der Waals surface area contributed by atoms with Gasteiger partial charge in [0.1, 0.15) is 0 Å². The molecule has 2 aliphatic carbocycles. The molecule has 362 valence electrons. The average molecular weight is 924 g/mol. The van der Waals surface area contributed by atoms with Crippen LogP contribution in [0.25, 0.3) is 33.4 Å². The van der Waals surface area contributed by atoms with Gasteiger partial charge in [-0.25, -0.2) is 0 Å². The molecule has 0 spiro atoms. The highest BCUT2D eigenvalue weighted by Gasteiger charge is 2.41. The Balaban J connectivity index is 1.22. The van der Waals surface area contributed by atoms with Crippen molar-refractivity contribution < 1.29 is 0 Å². The van der Waals surface area contributed by atoms with E-state index in [1.165, 1.54) is 156 Å². The molecule has 1 saturated carbocycles. The van der Waals surface area contributed by atoms with E-state index in [0.29, 0.717) is 23.7 Å². The predicted octanol–water partition coefficient (Wildman–Crippen LogP) is 21.1. The fourth-order valence-electron chi connectivity index (χ4n) is 13.0. The molecule has 4 unspecified atom stereocenters. The fraction of sp³-hybridized carbons (Fsp3) is 0.391. The Labute approximate surface area is 423 Å². The predicted molar refractivity (Wildman–Crippen MR) is 304 cm³/mol. The van der Waals surface area contributed by atoms with Gasteiger partial charge in [-0.2, -0.15) is 0 Å². The van der Waals surface area contributed by atoms with Crippen LogP contribution >= 0.6 is 0 Å². The van der Waals surface area contributed by atoms with E-state index in [1.807, 2.05) is 0 Å². The summed E-state index contributed by atoms with van der Waals surface area (Å²) in [5.74, 6) is 2.35. The third-order valence-corrected chi connectivity index (χ3v) is 17.0. The summed E-state index contributed by atoms with van der Waals surface area (Å²) in [6, 6.07) is 61.5. The first-order valence-electron chi connectivity index (χ1n) is 27.9. The summed E-state index contributed by atoms with van der Waals surface area (Å²) in [6.07, 6.45) is 18.9. The normalized spacial score (nSPS) is 16.9. The van der Waals surface area contributed by atoms with Crippen LogP contribution in [0.3, 0.4) is 0 Å². The molecular formula is C69H81N. The number of rotatable bonds is 20. The summed E-state index contributed by atoms with van der Waals surface area (Å²) in [6.45, 7) is 16.8. The molecule has 2 aliphatic rings. The van der Waals surface area contributed by atoms with Crippen LogP contribution in [0.2, 0.25) is 0 Å². The minimum Gasteiger partial charge on any atom is -0.310 e. The van der Waals surface area contributed by atoms with Gasteiger partial charge in [0.15, 0.2) is 0 Å². The van der Waals surface area contributed by atoms with E-state index < -0.39 is 0 Å². The van der Waals surface area contributed by atoms with Crippen LogP contribution in [0.1, 0.15) is 207 Å². The minimum atomic E-state index is -0.309. The zero-order chi connectivity index (χ0) is 48.6. The van der Waals surface area contributed by atoms with E-state index in [-0.39, 0.29) is 5.41 Å². The Morgan fingerprint density at radius 2 is 1.07 bits per heavy atom. The Bertz CT molecular complexity index is 2750. The van der Waals surface area contributed by atoms with Crippen LogP contribution in [0.4, 0.5) is 17.1 Å². The lowest BCUT2D eigenvalue weighted by molar-refractivity contribution is 0.443. The first-order chi connectivity index (χ1) is 34.4. The van der Waals surface area contributed by atoms with Gasteiger partial charge >= 0.3 is 0 Å². The SMILES string of the molecule is CCCCC(CC)c1cc(C(CC)CCC)c(-c2ccc(N(c3ccc4c(c3)C(C)(c3ccc(C5CCCCC5)cc3)c3ccccc3-4)c3ccccc3-c3ccccc3)cc2)c(C(CC)CCC)c1. The van der Waals surface area contributed by atoms with E-state index in [4.69, 9.17) is 0 Å². The topological polar surface area (TPSA) is 3.24 Å². The van der Waals surface area contributed by atoms with Gasteiger partial charge in [-0.3, -0.25) is 0 Å². The number of hydrogen-bond donors (Lipinski definition) is 0. The van der Waals surface area contributed by atoms with Crippen LogP contribution in [0.15, 0.2) is 158 Å². The van der Waals surface area contributed by atoms with Gasteiger partial charge in [-0.05, 0) is 179 Å². The molecule has 9 rings (SSSR count). The van der Waals surface area contributed by atoms with E-state index in [0.717, 1.165) is 12.8 Å². The monoisotopic (exact) mass is 924 g/mol. The van der Waals surface area contributed by atoms with E-state index in [9.17, 15) is 0 Å². The van der Waals surface area contributed by atoms with Gasteiger partial charge < -0.3 is 4.90 Å². The van der Waals surface area contributed by atoms with Crippen LogP contribution < -0.4 is 4.90 Å². The number of anilines is 3. The van der Waals surface area contributed by atoms with Gasteiger partial charge in [-0.1, -0.05) is 214 Å². The Morgan fingerprint density at radius 1 is 0.486 bits per heavy atom. The van der Waals surface area contributed by atoms with Crippen LogP contribution in [-0.4, -0.2) is 0 Å².